The third kappa shape index (κ3) is 3.05. The molecule has 0 saturated carbocycles. The van der Waals surface area contributed by atoms with Crippen molar-refractivity contribution in [1.82, 2.24) is 0 Å². The zero-order valence-electron chi connectivity index (χ0n) is 2.51. The summed E-state index contributed by atoms with van der Waals surface area (Å²) < 4.78 is 7.43. The van der Waals surface area contributed by atoms with Gasteiger partial charge in [-0.25, -0.2) is 0 Å². The quantitative estimate of drug-likeness (QED) is 0.206. The molecule has 1 rings (SSSR count). The molecule has 0 spiro atoms. The molecule has 0 unspecified atom stereocenters. The van der Waals surface area contributed by atoms with Crippen molar-refractivity contribution in [2.24, 2.45) is 0 Å². The third-order valence-corrected chi connectivity index (χ3v) is 1.28. The summed E-state index contributed by atoms with van der Waals surface area (Å²) >= 11 is 2.81. The van der Waals surface area contributed by atoms with Crippen LogP contribution < -0.4 is 0 Å². The molecule has 0 atom stereocenters. The minimum atomic E-state index is -4.05. The minimum absolute atomic E-state index is 0. The van der Waals surface area contributed by atoms with E-state index in [0.29, 0.717) is 0 Å². The second-order valence-electron chi connectivity index (χ2n) is 0.910. The molecule has 0 aromatic carbocycles. The van der Waals surface area contributed by atoms with E-state index in [1.807, 2.05) is 0 Å². The SMILES string of the molecule is O[P]1(O)([Fe])OO1.[LiH]. The van der Waals surface area contributed by atoms with Crippen LogP contribution in [0, 0.1) is 0 Å². The summed E-state index contributed by atoms with van der Waals surface area (Å²) in [5.74, 6) is 0. The maximum absolute atomic E-state index is 8.23. The van der Waals surface area contributed by atoms with E-state index in [2.05, 4.69) is 24.9 Å². The van der Waals surface area contributed by atoms with E-state index >= 15 is 0 Å². The Bertz CT molecular complexity index is 75.4. The molecule has 0 aromatic heterocycles. The number of hydrogen-bond donors (Lipinski definition) is 2. The van der Waals surface area contributed by atoms with Crippen molar-refractivity contribution < 1.29 is 34.7 Å². The van der Waals surface area contributed by atoms with E-state index in [0.717, 1.165) is 0 Å². The topological polar surface area (TPSA) is 65.5 Å². The van der Waals surface area contributed by atoms with Gasteiger partial charge in [0.05, 0.1) is 0 Å². The second kappa shape index (κ2) is 1.68. The van der Waals surface area contributed by atoms with Crippen LogP contribution in [-0.4, -0.2) is 28.6 Å². The van der Waals surface area contributed by atoms with E-state index in [-0.39, 0.29) is 18.9 Å². The van der Waals surface area contributed by atoms with Crippen LogP contribution in [0.15, 0.2) is 0 Å². The third-order valence-electron chi connectivity index (χ3n) is 0.261. The van der Waals surface area contributed by atoms with Crippen molar-refractivity contribution >= 4 is 25.1 Å². The van der Waals surface area contributed by atoms with Crippen molar-refractivity contribution in [3.8, 4) is 0 Å². The Morgan fingerprint density at radius 3 is 1.43 bits per heavy atom. The zero-order chi connectivity index (χ0) is 4.86. The van der Waals surface area contributed by atoms with Crippen molar-refractivity contribution in [2.45, 2.75) is 0 Å². The van der Waals surface area contributed by atoms with Crippen LogP contribution in [0.25, 0.3) is 0 Å². The monoisotopic (exact) mass is 161 g/mol. The van der Waals surface area contributed by atoms with Gasteiger partial charge in [0.1, 0.15) is 0 Å². The van der Waals surface area contributed by atoms with Crippen molar-refractivity contribution in [3.05, 3.63) is 0 Å². The van der Waals surface area contributed by atoms with Crippen LogP contribution in [0.4, 0.5) is 0 Å². The zero-order valence-corrected chi connectivity index (χ0v) is 4.51. The van der Waals surface area contributed by atoms with Crippen LogP contribution in [0.2, 0.25) is 0 Å². The Labute approximate surface area is 60.0 Å². The average molecular weight is 161 g/mol. The molecule has 4 nitrogen and oxygen atoms in total. The molecule has 0 amide bonds. The van der Waals surface area contributed by atoms with Gasteiger partial charge < -0.3 is 0 Å². The van der Waals surface area contributed by atoms with Gasteiger partial charge in [0, 0.05) is 0 Å². The van der Waals surface area contributed by atoms with Crippen molar-refractivity contribution in [3.63, 3.8) is 0 Å². The van der Waals surface area contributed by atoms with Crippen LogP contribution in [0.3, 0.4) is 0 Å². The first-order valence-electron chi connectivity index (χ1n) is 1.09. The Morgan fingerprint density at radius 1 is 1.29 bits per heavy atom. The predicted octanol–water partition coefficient (Wildman–Crippen LogP) is -1.04. The maximum atomic E-state index is 8.23. The van der Waals surface area contributed by atoms with Crippen LogP contribution in [0.1, 0.15) is 0 Å². The number of rotatable bonds is 0. The normalized spacial score (nSPS) is 36.7. The van der Waals surface area contributed by atoms with Crippen LogP contribution >= 0.6 is 6.20 Å². The van der Waals surface area contributed by atoms with Gasteiger partial charge in [-0.3, -0.25) is 0 Å². The molecule has 7 heavy (non-hydrogen) atoms. The molecule has 2 N–H and O–H groups in total. The van der Waals surface area contributed by atoms with Gasteiger partial charge in [0.25, 0.3) is 0 Å². The fraction of sp³-hybridized carbons (Fsp3) is 0. The summed E-state index contributed by atoms with van der Waals surface area (Å²) in [6, 6.07) is 0. The molecular weight excluding hydrogens is 158 g/mol. The summed E-state index contributed by atoms with van der Waals surface area (Å²) in [5.41, 5.74) is 0. The molecular formula is H3FeLiO4P. The fourth-order valence-corrected chi connectivity index (χ4v) is 0.706. The molecule has 0 radical (unpaired) electrons. The Hall–Kier alpha value is 1.39. The van der Waals surface area contributed by atoms with Crippen molar-refractivity contribution in [1.29, 1.82) is 0 Å². The van der Waals surface area contributed by atoms with Crippen LogP contribution in [0.5, 0.6) is 0 Å². The summed E-state index contributed by atoms with van der Waals surface area (Å²) in [7, 11) is 0. The Morgan fingerprint density at radius 2 is 1.43 bits per heavy atom. The molecule has 0 aliphatic carbocycles. The standard InChI is InChI=1S/Fe.Li.H2O4P.H/c;;1-5(2)3-4-5;/h;;1-2H;/q-1;;+1;. The first-order chi connectivity index (χ1) is 2.47. The molecule has 7 heteroatoms. The summed E-state index contributed by atoms with van der Waals surface area (Å²) in [6.45, 7) is 0. The van der Waals surface area contributed by atoms with Gasteiger partial charge >= 0.3 is 59.8 Å². The van der Waals surface area contributed by atoms with Gasteiger partial charge in [-0.2, -0.15) is 0 Å². The molecule has 41 valence electrons. The van der Waals surface area contributed by atoms with Gasteiger partial charge in [0.2, 0.25) is 0 Å². The van der Waals surface area contributed by atoms with E-state index in [4.69, 9.17) is 9.79 Å². The Kier molecular flexibility index (Phi) is 2.01. The molecule has 0 bridgehead atoms. The molecule has 1 aliphatic rings. The molecule has 1 aliphatic heterocycles. The first-order valence-corrected chi connectivity index (χ1v) is 4.42. The Balaban J connectivity index is 0.000000360. The van der Waals surface area contributed by atoms with E-state index in [1.54, 1.807) is 0 Å². The van der Waals surface area contributed by atoms with Gasteiger partial charge in [0.15, 0.2) is 0 Å². The van der Waals surface area contributed by atoms with Gasteiger partial charge in [-0.05, 0) is 0 Å². The molecule has 1 heterocycles. The molecule has 1 fully saturated rings. The van der Waals surface area contributed by atoms with E-state index in [1.165, 1.54) is 0 Å². The summed E-state index contributed by atoms with van der Waals surface area (Å²) in [5, 5.41) is 0. The fourth-order valence-electron chi connectivity index (χ4n) is 0.0416. The number of hydrogen-bond acceptors (Lipinski definition) is 4. The predicted molar refractivity (Wildman–Crippen MR) is 20.7 cm³/mol. The van der Waals surface area contributed by atoms with Gasteiger partial charge in [-0.15, -0.1) is 0 Å². The van der Waals surface area contributed by atoms with E-state index in [9.17, 15) is 0 Å². The molecule has 0 aromatic rings. The van der Waals surface area contributed by atoms with Crippen LogP contribution in [-0.2, 0) is 24.9 Å². The summed E-state index contributed by atoms with van der Waals surface area (Å²) in [6.07, 6.45) is -4.05. The van der Waals surface area contributed by atoms with E-state index < -0.39 is 6.20 Å². The van der Waals surface area contributed by atoms with Gasteiger partial charge in [-0.1, -0.05) is 0 Å². The van der Waals surface area contributed by atoms with Crippen molar-refractivity contribution in [2.75, 3.05) is 0 Å². The first kappa shape index (κ1) is 8.39. The second-order valence-corrected chi connectivity index (χ2v) is 5.27. The average Bonchev–Trinajstić information content (AvgIpc) is 1.73. The summed E-state index contributed by atoms with van der Waals surface area (Å²) in [4.78, 5) is 16.5. The molecule has 1 saturated heterocycles.